The molecule has 1 amide bonds. The van der Waals surface area contributed by atoms with Crippen LogP contribution >= 0.6 is 0 Å². The van der Waals surface area contributed by atoms with Crippen molar-refractivity contribution in [2.75, 3.05) is 6.54 Å². The molecule has 0 spiro atoms. The number of hydrogen-bond donors (Lipinski definition) is 2. The Morgan fingerprint density at radius 1 is 1.34 bits per heavy atom. The van der Waals surface area contributed by atoms with E-state index in [0.29, 0.717) is 18.0 Å². The molecule has 0 bridgehead atoms. The lowest BCUT2D eigenvalue weighted by Gasteiger charge is -2.12. The first-order valence-corrected chi connectivity index (χ1v) is 9.20. The molecule has 0 unspecified atom stereocenters. The van der Waals surface area contributed by atoms with Crippen LogP contribution in [0.1, 0.15) is 46.2 Å². The van der Waals surface area contributed by atoms with Gasteiger partial charge in [-0.05, 0) is 55.0 Å². The highest BCUT2D eigenvalue weighted by molar-refractivity contribution is 6.19. The standard InChI is InChI=1S/C23H21FN2O3/c1-4-29-15(3)21(14(2)17-6-5-7-19(24)10-17)22(27)18-11-20(25-13-18)23(28)26-12-16-8-9-16/h1,5-7,10-11,13,16,25H,2,8-9,12H2,3H3,(H,26,28)/b21-15+. The number of terminal acetylenes is 1. The SMILES string of the molecule is C#CO/C(C)=C(\C(=C)c1cccc(F)c1)C(=O)c1c[nH]c(C(=O)NCC2CC2)c1. The lowest BCUT2D eigenvalue weighted by atomic mass is 9.92. The lowest BCUT2D eigenvalue weighted by Crippen LogP contribution is -2.25. The number of aromatic nitrogens is 1. The molecule has 1 aromatic carbocycles. The van der Waals surface area contributed by atoms with E-state index in [-0.39, 0.29) is 34.1 Å². The molecule has 2 N–H and O–H groups in total. The van der Waals surface area contributed by atoms with E-state index < -0.39 is 11.6 Å². The van der Waals surface area contributed by atoms with Crippen LogP contribution in [0.25, 0.3) is 5.57 Å². The third-order valence-electron chi connectivity index (χ3n) is 4.70. The highest BCUT2D eigenvalue weighted by Gasteiger charge is 2.24. The fourth-order valence-corrected chi connectivity index (χ4v) is 2.92. The second-order valence-electron chi connectivity index (χ2n) is 6.92. The van der Waals surface area contributed by atoms with Crippen LogP contribution in [0.5, 0.6) is 0 Å². The molecule has 1 heterocycles. The van der Waals surface area contributed by atoms with E-state index in [1.165, 1.54) is 37.4 Å². The van der Waals surface area contributed by atoms with Crippen LogP contribution in [0.15, 0.2) is 54.4 Å². The average molecular weight is 392 g/mol. The van der Waals surface area contributed by atoms with Gasteiger partial charge < -0.3 is 15.0 Å². The van der Waals surface area contributed by atoms with Gasteiger partial charge in [0.05, 0.1) is 5.57 Å². The van der Waals surface area contributed by atoms with Gasteiger partial charge in [0.25, 0.3) is 5.91 Å². The molecule has 1 aliphatic carbocycles. The van der Waals surface area contributed by atoms with Crippen molar-refractivity contribution in [2.24, 2.45) is 5.92 Å². The Kier molecular flexibility index (Phi) is 5.99. The second-order valence-corrected chi connectivity index (χ2v) is 6.92. The van der Waals surface area contributed by atoms with Gasteiger partial charge in [0.15, 0.2) is 5.78 Å². The van der Waals surface area contributed by atoms with Crippen molar-refractivity contribution < 1.29 is 18.7 Å². The van der Waals surface area contributed by atoms with Crippen LogP contribution in [0.3, 0.4) is 0 Å². The third-order valence-corrected chi connectivity index (χ3v) is 4.70. The molecule has 2 aromatic rings. The summed E-state index contributed by atoms with van der Waals surface area (Å²) >= 11 is 0. The number of nitrogens with one attached hydrogen (secondary N) is 2. The summed E-state index contributed by atoms with van der Waals surface area (Å²) in [5.41, 5.74) is 1.32. The number of aromatic amines is 1. The Bertz CT molecular complexity index is 1040. The minimum absolute atomic E-state index is 0.109. The second kappa shape index (κ2) is 8.61. The van der Waals surface area contributed by atoms with Crippen LogP contribution in [0, 0.1) is 24.3 Å². The Hall–Kier alpha value is -3.59. The summed E-state index contributed by atoms with van der Waals surface area (Å²) in [4.78, 5) is 28.2. The van der Waals surface area contributed by atoms with E-state index in [0.717, 1.165) is 12.8 Å². The number of ketones is 1. The van der Waals surface area contributed by atoms with Gasteiger partial charge in [-0.1, -0.05) is 25.1 Å². The molecule has 3 rings (SSSR count). The predicted molar refractivity (Wildman–Crippen MR) is 108 cm³/mol. The molecular weight excluding hydrogens is 371 g/mol. The van der Waals surface area contributed by atoms with Crippen LogP contribution in [0.4, 0.5) is 4.39 Å². The van der Waals surface area contributed by atoms with Crippen molar-refractivity contribution in [1.82, 2.24) is 10.3 Å². The van der Waals surface area contributed by atoms with Gasteiger partial charge in [0.1, 0.15) is 23.4 Å². The highest BCUT2D eigenvalue weighted by Crippen LogP contribution is 2.29. The summed E-state index contributed by atoms with van der Waals surface area (Å²) in [5.74, 6) is -0.468. The van der Waals surface area contributed by atoms with E-state index in [9.17, 15) is 14.0 Å². The van der Waals surface area contributed by atoms with Crippen molar-refractivity contribution in [3.8, 4) is 12.5 Å². The Morgan fingerprint density at radius 2 is 2.10 bits per heavy atom. The zero-order valence-electron chi connectivity index (χ0n) is 16.0. The number of rotatable bonds is 8. The minimum Gasteiger partial charge on any atom is -0.412 e. The summed E-state index contributed by atoms with van der Waals surface area (Å²) < 4.78 is 18.7. The van der Waals surface area contributed by atoms with Crippen molar-refractivity contribution in [3.05, 3.63) is 77.1 Å². The van der Waals surface area contributed by atoms with Gasteiger partial charge in [0.2, 0.25) is 0 Å². The molecule has 0 atom stereocenters. The zero-order chi connectivity index (χ0) is 21.0. The number of amides is 1. The van der Waals surface area contributed by atoms with E-state index in [1.807, 2.05) is 6.11 Å². The van der Waals surface area contributed by atoms with Gasteiger partial charge >= 0.3 is 0 Å². The van der Waals surface area contributed by atoms with Crippen LogP contribution in [0.2, 0.25) is 0 Å². The van der Waals surface area contributed by atoms with Gasteiger partial charge in [0, 0.05) is 18.3 Å². The maximum atomic E-state index is 13.6. The normalized spacial score (nSPS) is 13.8. The highest BCUT2D eigenvalue weighted by atomic mass is 19.1. The van der Waals surface area contributed by atoms with Crippen LogP contribution in [-0.4, -0.2) is 23.2 Å². The maximum absolute atomic E-state index is 13.6. The number of Topliss-reactive ketones (excluding diaryl/α,β-unsaturated/α-hetero) is 1. The smallest absolute Gasteiger partial charge is 0.267 e. The first-order valence-electron chi connectivity index (χ1n) is 9.20. The number of benzene rings is 1. The molecule has 5 nitrogen and oxygen atoms in total. The number of carbonyl (C=O) groups is 2. The number of allylic oxidation sites excluding steroid dienone is 3. The molecular formula is C23H21FN2O3. The molecule has 29 heavy (non-hydrogen) atoms. The fourth-order valence-electron chi connectivity index (χ4n) is 2.92. The monoisotopic (exact) mass is 392 g/mol. The Morgan fingerprint density at radius 3 is 2.76 bits per heavy atom. The molecule has 1 aromatic heterocycles. The van der Waals surface area contributed by atoms with Crippen molar-refractivity contribution in [2.45, 2.75) is 19.8 Å². The summed E-state index contributed by atoms with van der Waals surface area (Å²) in [6, 6.07) is 7.19. The van der Waals surface area contributed by atoms with E-state index in [1.54, 1.807) is 6.07 Å². The summed E-state index contributed by atoms with van der Waals surface area (Å²) in [6.45, 7) is 6.09. The largest absolute Gasteiger partial charge is 0.412 e. The number of carbonyl (C=O) groups excluding carboxylic acids is 2. The van der Waals surface area contributed by atoms with Gasteiger partial charge in [-0.2, -0.15) is 0 Å². The van der Waals surface area contributed by atoms with Crippen molar-refractivity contribution in [1.29, 1.82) is 0 Å². The predicted octanol–water partition coefficient (Wildman–Crippen LogP) is 4.07. The zero-order valence-corrected chi connectivity index (χ0v) is 16.0. The Balaban J connectivity index is 1.87. The van der Waals surface area contributed by atoms with Crippen molar-refractivity contribution >= 4 is 17.3 Å². The number of ether oxygens (including phenoxy) is 1. The summed E-state index contributed by atoms with van der Waals surface area (Å²) in [6.07, 6.45) is 10.9. The van der Waals surface area contributed by atoms with E-state index in [2.05, 4.69) is 16.9 Å². The molecule has 0 saturated heterocycles. The molecule has 6 heteroatoms. The summed E-state index contributed by atoms with van der Waals surface area (Å²) in [5, 5.41) is 2.84. The molecule has 0 radical (unpaired) electrons. The minimum atomic E-state index is -0.456. The molecule has 1 aliphatic rings. The first kappa shape index (κ1) is 20.2. The molecule has 148 valence electrons. The maximum Gasteiger partial charge on any atom is 0.267 e. The quantitative estimate of drug-likeness (QED) is 0.234. The lowest BCUT2D eigenvalue weighted by molar-refractivity contribution is 0.0947. The fraction of sp³-hybridized carbons (Fsp3) is 0.217. The number of hydrogen-bond acceptors (Lipinski definition) is 3. The van der Waals surface area contributed by atoms with E-state index in [4.69, 9.17) is 11.2 Å². The van der Waals surface area contributed by atoms with Gasteiger partial charge in [-0.25, -0.2) is 4.39 Å². The topological polar surface area (TPSA) is 71.2 Å². The first-order chi connectivity index (χ1) is 13.9. The number of H-pyrrole nitrogens is 1. The van der Waals surface area contributed by atoms with E-state index >= 15 is 0 Å². The van der Waals surface area contributed by atoms with Gasteiger partial charge in [-0.3, -0.25) is 9.59 Å². The van der Waals surface area contributed by atoms with Crippen LogP contribution in [-0.2, 0) is 4.74 Å². The van der Waals surface area contributed by atoms with Crippen LogP contribution < -0.4 is 5.32 Å². The number of halogens is 1. The third kappa shape index (κ3) is 4.82. The average Bonchev–Trinajstić information content (AvgIpc) is 3.39. The molecule has 0 aliphatic heterocycles. The Labute approximate surface area is 168 Å². The molecule has 1 fully saturated rings. The summed E-state index contributed by atoms with van der Waals surface area (Å²) in [7, 11) is 0. The van der Waals surface area contributed by atoms with Gasteiger partial charge in [-0.15, -0.1) is 0 Å². The van der Waals surface area contributed by atoms with Crippen molar-refractivity contribution in [3.63, 3.8) is 0 Å². The molecule has 1 saturated carbocycles.